The number of hydrogen-bond donors (Lipinski definition) is 1. The van der Waals surface area contributed by atoms with Crippen molar-refractivity contribution in [2.75, 3.05) is 10.2 Å². The highest BCUT2D eigenvalue weighted by Crippen LogP contribution is 2.58. The Kier molecular flexibility index (Phi) is 6.38. The summed E-state index contributed by atoms with van der Waals surface area (Å²) >= 11 is 0. The number of para-hydroxylation sites is 5. The van der Waals surface area contributed by atoms with Crippen LogP contribution in [0.1, 0.15) is 47.6 Å². The summed E-state index contributed by atoms with van der Waals surface area (Å²) in [6.07, 6.45) is 0. The molecule has 4 heteroatoms. The molecule has 3 heterocycles. The minimum atomic E-state index is -0.482. The van der Waals surface area contributed by atoms with Crippen molar-refractivity contribution in [1.82, 2.24) is 0 Å². The summed E-state index contributed by atoms with van der Waals surface area (Å²) in [6.45, 7) is 4.59. The van der Waals surface area contributed by atoms with Crippen LogP contribution in [0.3, 0.4) is 0 Å². The van der Waals surface area contributed by atoms with Crippen LogP contribution < -0.4 is 25.9 Å². The monoisotopic (exact) mass is 642 g/mol. The van der Waals surface area contributed by atoms with Gasteiger partial charge in [-0.3, -0.25) is 0 Å². The summed E-state index contributed by atoms with van der Waals surface area (Å²) < 4.78 is 6.47. The fraction of sp³-hybridized carbons (Fsp3) is 0.0870. The first kappa shape index (κ1) is 29.0. The quantitative estimate of drug-likeness (QED) is 0.193. The highest BCUT2D eigenvalue weighted by molar-refractivity contribution is 6.73. The number of fused-ring (bicyclic) bond motifs is 6. The van der Waals surface area contributed by atoms with E-state index in [0.717, 1.165) is 35.7 Å². The van der Waals surface area contributed by atoms with E-state index in [4.69, 9.17) is 4.74 Å². The number of anilines is 5. The Hall–Kier alpha value is -6.00. The van der Waals surface area contributed by atoms with Crippen LogP contribution in [-0.2, 0) is 5.41 Å². The fourth-order valence-electron chi connectivity index (χ4n) is 8.68. The lowest BCUT2D eigenvalue weighted by Gasteiger charge is -2.49. The number of nitrogens with one attached hydrogen (secondary N) is 1. The van der Waals surface area contributed by atoms with Crippen molar-refractivity contribution in [1.29, 1.82) is 0 Å². The van der Waals surface area contributed by atoms with E-state index < -0.39 is 5.41 Å². The zero-order valence-electron chi connectivity index (χ0n) is 28.2. The largest absolute Gasteiger partial charge is 0.453 e. The van der Waals surface area contributed by atoms with Gasteiger partial charge in [-0.25, -0.2) is 0 Å². The van der Waals surface area contributed by atoms with Crippen LogP contribution in [0.15, 0.2) is 158 Å². The van der Waals surface area contributed by atoms with E-state index in [9.17, 15) is 0 Å². The molecule has 1 N–H and O–H groups in total. The van der Waals surface area contributed by atoms with Gasteiger partial charge < -0.3 is 15.0 Å². The molecule has 7 aromatic rings. The SMILES string of the molecule is CC(C)c1cc(-c2cccc3c2Nc2ccccc2O3)c2c(c1)N1c3ccccc3C(c3ccccc3)(c3ccccc3)c3cccc(c31)B2. The van der Waals surface area contributed by atoms with E-state index in [0.29, 0.717) is 5.92 Å². The molecule has 0 amide bonds. The molecule has 50 heavy (non-hydrogen) atoms. The molecule has 10 rings (SSSR count). The van der Waals surface area contributed by atoms with Crippen LogP contribution in [-0.4, -0.2) is 7.28 Å². The summed E-state index contributed by atoms with van der Waals surface area (Å²) in [6, 6.07) is 57.7. The molecule has 0 unspecified atom stereocenters. The molecule has 0 aromatic heterocycles. The van der Waals surface area contributed by atoms with Crippen LogP contribution in [0.4, 0.5) is 28.4 Å². The minimum Gasteiger partial charge on any atom is -0.453 e. The molecule has 0 bridgehead atoms. The molecular formula is C46H35BN2O. The summed E-state index contributed by atoms with van der Waals surface area (Å²) in [5.74, 6) is 2.04. The van der Waals surface area contributed by atoms with Gasteiger partial charge >= 0.3 is 0 Å². The average molecular weight is 643 g/mol. The molecule has 3 nitrogen and oxygen atoms in total. The first-order valence-corrected chi connectivity index (χ1v) is 17.6. The van der Waals surface area contributed by atoms with E-state index in [1.165, 1.54) is 61.4 Å². The number of ether oxygens (including phenoxy) is 1. The van der Waals surface area contributed by atoms with Gasteiger partial charge in [-0.15, -0.1) is 0 Å². The lowest BCUT2D eigenvalue weighted by molar-refractivity contribution is 0.481. The third kappa shape index (κ3) is 4.05. The van der Waals surface area contributed by atoms with Crippen molar-refractivity contribution in [2.24, 2.45) is 0 Å². The topological polar surface area (TPSA) is 24.5 Å². The summed E-state index contributed by atoms with van der Waals surface area (Å²) in [4.78, 5) is 2.58. The molecule has 0 saturated heterocycles. The Morgan fingerprint density at radius 3 is 2.04 bits per heavy atom. The predicted octanol–water partition coefficient (Wildman–Crippen LogP) is 10.2. The van der Waals surface area contributed by atoms with Gasteiger partial charge in [-0.05, 0) is 75.1 Å². The molecular weight excluding hydrogens is 607 g/mol. The zero-order chi connectivity index (χ0) is 33.4. The molecule has 3 aliphatic rings. The maximum atomic E-state index is 6.47. The minimum absolute atomic E-state index is 0.341. The van der Waals surface area contributed by atoms with Crippen LogP contribution in [0.25, 0.3) is 11.1 Å². The van der Waals surface area contributed by atoms with Crippen molar-refractivity contribution in [3.05, 3.63) is 186 Å². The second-order valence-electron chi connectivity index (χ2n) is 13.9. The molecule has 3 aliphatic heterocycles. The van der Waals surface area contributed by atoms with E-state index in [2.05, 4.69) is 170 Å². The van der Waals surface area contributed by atoms with Crippen molar-refractivity contribution in [3.8, 4) is 22.6 Å². The first-order chi connectivity index (χ1) is 24.6. The Morgan fingerprint density at radius 2 is 1.26 bits per heavy atom. The number of benzene rings is 7. The van der Waals surface area contributed by atoms with Gasteiger partial charge in [0.15, 0.2) is 18.8 Å². The fourth-order valence-corrected chi connectivity index (χ4v) is 8.68. The van der Waals surface area contributed by atoms with Crippen LogP contribution in [0.2, 0.25) is 0 Å². The van der Waals surface area contributed by atoms with Gasteiger partial charge in [0.25, 0.3) is 0 Å². The van der Waals surface area contributed by atoms with Crippen molar-refractivity contribution in [3.63, 3.8) is 0 Å². The molecule has 0 radical (unpaired) electrons. The van der Waals surface area contributed by atoms with Crippen molar-refractivity contribution < 1.29 is 4.74 Å². The normalized spacial score (nSPS) is 14.2. The summed E-state index contributed by atoms with van der Waals surface area (Å²) in [7, 11) is 0.825. The van der Waals surface area contributed by atoms with Gasteiger partial charge in [0, 0.05) is 16.9 Å². The van der Waals surface area contributed by atoms with E-state index in [1.54, 1.807) is 0 Å². The van der Waals surface area contributed by atoms with Gasteiger partial charge in [0.05, 0.1) is 22.5 Å². The van der Waals surface area contributed by atoms with E-state index >= 15 is 0 Å². The average Bonchev–Trinajstić information content (AvgIpc) is 3.17. The Labute approximate surface area is 294 Å². The van der Waals surface area contributed by atoms with Crippen molar-refractivity contribution >= 4 is 46.6 Å². The summed E-state index contributed by atoms with van der Waals surface area (Å²) in [5.41, 5.74) is 16.8. The van der Waals surface area contributed by atoms with Gasteiger partial charge in [0.2, 0.25) is 0 Å². The second kappa shape index (κ2) is 11.0. The Bertz CT molecular complexity index is 2410. The van der Waals surface area contributed by atoms with Crippen LogP contribution >= 0.6 is 0 Å². The molecule has 7 aromatic carbocycles. The van der Waals surface area contributed by atoms with Crippen molar-refractivity contribution in [2.45, 2.75) is 25.2 Å². The zero-order valence-corrected chi connectivity index (χ0v) is 28.2. The highest BCUT2D eigenvalue weighted by atomic mass is 16.5. The van der Waals surface area contributed by atoms with Gasteiger partial charge in [-0.1, -0.05) is 147 Å². The maximum Gasteiger partial charge on any atom is 0.198 e. The maximum absolute atomic E-state index is 6.47. The summed E-state index contributed by atoms with van der Waals surface area (Å²) in [5, 5.41) is 3.75. The number of hydrogen-bond acceptors (Lipinski definition) is 3. The first-order valence-electron chi connectivity index (χ1n) is 17.6. The third-order valence-corrected chi connectivity index (χ3v) is 10.9. The molecule has 0 aliphatic carbocycles. The van der Waals surface area contributed by atoms with E-state index in [-0.39, 0.29) is 0 Å². The standard InChI is InChI=1S/C46H35BN2O/c1-29(2)30-27-34(33-19-13-26-42-44(33)48-38-23-10-12-25-41(38)50-42)43-40(28-30)49-39-24-11-9-20-35(39)46(31-15-5-3-6-16-31,32-17-7-4-8-18-32)36-21-14-22-37(47-43)45(36)49/h3-29,47-48H,1-2H3. The second-order valence-corrected chi connectivity index (χ2v) is 13.9. The van der Waals surface area contributed by atoms with E-state index in [1.807, 2.05) is 12.1 Å². The predicted molar refractivity (Wildman–Crippen MR) is 209 cm³/mol. The lowest BCUT2D eigenvalue weighted by Crippen LogP contribution is -2.47. The van der Waals surface area contributed by atoms with Gasteiger partial charge in [-0.2, -0.15) is 0 Å². The Balaban J connectivity index is 1.26. The highest BCUT2D eigenvalue weighted by Gasteiger charge is 2.48. The number of nitrogens with zero attached hydrogens (tertiary/aromatic N) is 1. The lowest BCUT2D eigenvalue weighted by atomic mass is 9.54. The van der Waals surface area contributed by atoms with Crippen LogP contribution in [0, 0.1) is 0 Å². The number of rotatable bonds is 4. The smallest absolute Gasteiger partial charge is 0.198 e. The molecule has 0 spiro atoms. The molecule has 0 saturated carbocycles. The van der Waals surface area contributed by atoms with Gasteiger partial charge in [0.1, 0.15) is 0 Å². The Morgan fingerprint density at radius 1 is 0.600 bits per heavy atom. The molecule has 0 fully saturated rings. The molecule has 0 atom stereocenters. The van der Waals surface area contributed by atoms with Crippen LogP contribution in [0.5, 0.6) is 11.5 Å². The molecule has 238 valence electrons. The third-order valence-electron chi connectivity index (χ3n) is 10.9.